The first-order chi connectivity index (χ1) is 14.5. The second-order valence-electron chi connectivity index (χ2n) is 7.95. The summed E-state index contributed by atoms with van der Waals surface area (Å²) in [4.78, 5) is 19.6. The molecule has 158 valence electrons. The number of rotatable bonds is 7. The van der Waals surface area contributed by atoms with Crippen LogP contribution < -0.4 is 16.0 Å². The minimum absolute atomic E-state index is 0.0374. The van der Waals surface area contributed by atoms with Gasteiger partial charge in [-0.2, -0.15) is 0 Å². The van der Waals surface area contributed by atoms with Crippen molar-refractivity contribution in [3.05, 3.63) is 57.2 Å². The Morgan fingerprint density at radius 1 is 1.30 bits per heavy atom. The Hall–Kier alpha value is -2.22. The van der Waals surface area contributed by atoms with Crippen molar-refractivity contribution in [1.29, 1.82) is 0 Å². The first-order valence-corrected chi connectivity index (χ1v) is 12.1. The average molecular weight is 441 g/mol. The van der Waals surface area contributed by atoms with Gasteiger partial charge in [0.15, 0.2) is 0 Å². The summed E-state index contributed by atoms with van der Waals surface area (Å²) in [6, 6.07) is 11.1. The normalized spacial score (nSPS) is 17.8. The molecule has 2 aromatic heterocycles. The van der Waals surface area contributed by atoms with Crippen LogP contribution in [0.25, 0.3) is 10.6 Å². The van der Waals surface area contributed by atoms with Gasteiger partial charge in [-0.15, -0.1) is 22.7 Å². The van der Waals surface area contributed by atoms with Gasteiger partial charge >= 0.3 is 0 Å². The fourth-order valence-electron chi connectivity index (χ4n) is 3.85. The standard InChI is InChI=1S/C23H28N4OS2/c1-15(19-10-22(30-13-19)21-14-29-16(2)26-21)25-11-17-5-7-20(8-6-17)27-9-3-4-18(12-27)23(24)28/h5-8,10,13-15,18,25H,3-4,9,11-12H2,1-2H3,(H2,24,28). The molecule has 1 aromatic carbocycles. The van der Waals surface area contributed by atoms with Crippen molar-refractivity contribution in [2.24, 2.45) is 11.7 Å². The van der Waals surface area contributed by atoms with E-state index in [0.717, 1.165) is 43.2 Å². The SMILES string of the molecule is Cc1nc(-c2cc(C(C)NCc3ccc(N4CCCC(C(N)=O)C4)cc3)cs2)cs1. The smallest absolute Gasteiger partial charge is 0.222 e. The van der Waals surface area contributed by atoms with E-state index in [-0.39, 0.29) is 17.9 Å². The Kier molecular flexibility index (Phi) is 6.51. The summed E-state index contributed by atoms with van der Waals surface area (Å²) in [5, 5.41) is 9.06. The zero-order valence-corrected chi connectivity index (χ0v) is 19.1. The minimum atomic E-state index is -0.184. The maximum Gasteiger partial charge on any atom is 0.222 e. The number of thiazole rings is 1. The fourth-order valence-corrected chi connectivity index (χ4v) is 5.50. The second kappa shape index (κ2) is 9.29. The summed E-state index contributed by atoms with van der Waals surface area (Å²) in [6.45, 7) is 6.76. The van der Waals surface area contributed by atoms with Gasteiger partial charge in [0.1, 0.15) is 0 Å². The quantitative estimate of drug-likeness (QED) is 0.557. The van der Waals surface area contributed by atoms with Crippen molar-refractivity contribution >= 4 is 34.3 Å². The zero-order chi connectivity index (χ0) is 21.1. The molecule has 1 fully saturated rings. The van der Waals surface area contributed by atoms with Crippen LogP contribution in [0.15, 0.2) is 41.1 Å². The largest absolute Gasteiger partial charge is 0.371 e. The Morgan fingerprint density at radius 3 is 2.80 bits per heavy atom. The summed E-state index contributed by atoms with van der Waals surface area (Å²) in [7, 11) is 0. The van der Waals surface area contributed by atoms with E-state index in [0.29, 0.717) is 0 Å². The molecule has 1 saturated heterocycles. The van der Waals surface area contributed by atoms with Gasteiger partial charge in [0.05, 0.1) is 21.5 Å². The van der Waals surface area contributed by atoms with Gasteiger partial charge in [-0.1, -0.05) is 12.1 Å². The number of nitrogens with two attached hydrogens (primary N) is 1. The monoisotopic (exact) mass is 440 g/mol. The molecule has 0 aliphatic carbocycles. The summed E-state index contributed by atoms with van der Waals surface area (Å²) in [5.41, 5.74) is 10.3. The van der Waals surface area contributed by atoms with Gasteiger partial charge < -0.3 is 16.0 Å². The number of nitrogens with one attached hydrogen (secondary N) is 1. The molecule has 1 amide bonds. The molecule has 2 atom stereocenters. The van der Waals surface area contributed by atoms with Crippen molar-refractivity contribution in [3.63, 3.8) is 0 Å². The van der Waals surface area contributed by atoms with Crippen LogP contribution in [0.3, 0.4) is 0 Å². The number of carbonyl (C=O) groups excluding carboxylic acids is 1. The van der Waals surface area contributed by atoms with E-state index >= 15 is 0 Å². The highest BCUT2D eigenvalue weighted by Crippen LogP contribution is 2.31. The van der Waals surface area contributed by atoms with E-state index in [1.165, 1.54) is 21.7 Å². The maximum absolute atomic E-state index is 11.5. The number of aromatic nitrogens is 1. The molecular weight excluding hydrogens is 412 g/mol. The maximum atomic E-state index is 11.5. The van der Waals surface area contributed by atoms with Gasteiger partial charge in [-0.25, -0.2) is 4.98 Å². The predicted octanol–water partition coefficient (Wildman–Crippen LogP) is 4.73. The summed E-state index contributed by atoms with van der Waals surface area (Å²) < 4.78 is 0. The number of hydrogen-bond donors (Lipinski definition) is 2. The highest BCUT2D eigenvalue weighted by atomic mass is 32.1. The van der Waals surface area contributed by atoms with Gasteiger partial charge in [0.25, 0.3) is 0 Å². The minimum Gasteiger partial charge on any atom is -0.371 e. The van der Waals surface area contributed by atoms with Gasteiger partial charge in [0, 0.05) is 36.7 Å². The number of primary amides is 1. The lowest BCUT2D eigenvalue weighted by molar-refractivity contribution is -0.122. The molecule has 3 heterocycles. The predicted molar refractivity (Wildman–Crippen MR) is 126 cm³/mol. The number of piperidine rings is 1. The molecule has 2 unspecified atom stereocenters. The molecule has 1 aliphatic rings. The van der Waals surface area contributed by atoms with E-state index in [1.807, 2.05) is 6.92 Å². The van der Waals surface area contributed by atoms with Gasteiger partial charge in [-0.3, -0.25) is 4.79 Å². The molecule has 30 heavy (non-hydrogen) atoms. The lowest BCUT2D eigenvalue weighted by atomic mass is 9.97. The first kappa shape index (κ1) is 21.0. The first-order valence-electron chi connectivity index (χ1n) is 10.4. The molecule has 0 saturated carbocycles. The number of carbonyl (C=O) groups is 1. The van der Waals surface area contributed by atoms with Crippen LogP contribution in [0.5, 0.6) is 0 Å². The number of amides is 1. The highest BCUT2D eigenvalue weighted by molar-refractivity contribution is 7.14. The van der Waals surface area contributed by atoms with Gasteiger partial charge in [-0.05, 0) is 61.4 Å². The van der Waals surface area contributed by atoms with Crippen molar-refractivity contribution in [2.75, 3.05) is 18.0 Å². The number of nitrogens with zero attached hydrogens (tertiary/aromatic N) is 2. The van der Waals surface area contributed by atoms with E-state index in [1.54, 1.807) is 22.7 Å². The van der Waals surface area contributed by atoms with Gasteiger partial charge in [0.2, 0.25) is 5.91 Å². The van der Waals surface area contributed by atoms with Crippen molar-refractivity contribution in [2.45, 2.75) is 39.3 Å². The fraction of sp³-hybridized carbons (Fsp3) is 0.391. The van der Waals surface area contributed by atoms with Crippen LogP contribution in [-0.4, -0.2) is 24.0 Å². The lowest BCUT2D eigenvalue weighted by Crippen LogP contribution is -2.41. The van der Waals surface area contributed by atoms with Crippen LogP contribution in [0.1, 0.15) is 41.9 Å². The Bertz CT molecular complexity index is 995. The molecule has 3 aromatic rings. The Morgan fingerprint density at radius 2 is 2.10 bits per heavy atom. The summed E-state index contributed by atoms with van der Waals surface area (Å²) >= 11 is 3.44. The van der Waals surface area contributed by atoms with Crippen molar-refractivity contribution < 1.29 is 4.79 Å². The van der Waals surface area contributed by atoms with Crippen LogP contribution in [0.2, 0.25) is 0 Å². The molecule has 1 aliphatic heterocycles. The van der Waals surface area contributed by atoms with Crippen LogP contribution >= 0.6 is 22.7 Å². The van der Waals surface area contributed by atoms with E-state index < -0.39 is 0 Å². The van der Waals surface area contributed by atoms with E-state index in [2.05, 4.69) is 63.2 Å². The third-order valence-corrected chi connectivity index (χ3v) is 7.47. The molecule has 3 N–H and O–H groups in total. The van der Waals surface area contributed by atoms with Crippen molar-refractivity contribution in [1.82, 2.24) is 10.3 Å². The molecule has 7 heteroatoms. The zero-order valence-electron chi connectivity index (χ0n) is 17.4. The Balaban J connectivity index is 1.33. The van der Waals surface area contributed by atoms with Crippen LogP contribution in [0, 0.1) is 12.8 Å². The molecular formula is C23H28N4OS2. The second-order valence-corrected chi connectivity index (χ2v) is 9.93. The summed E-state index contributed by atoms with van der Waals surface area (Å²) in [5.74, 6) is -0.222. The number of benzene rings is 1. The molecule has 0 spiro atoms. The lowest BCUT2D eigenvalue weighted by Gasteiger charge is -2.33. The number of aryl methyl sites for hydroxylation is 1. The Labute approximate surface area is 186 Å². The molecule has 0 bridgehead atoms. The highest BCUT2D eigenvalue weighted by Gasteiger charge is 2.24. The molecule has 0 radical (unpaired) electrons. The molecule has 4 rings (SSSR count). The third-order valence-electron chi connectivity index (χ3n) is 5.73. The number of thiophene rings is 1. The van der Waals surface area contributed by atoms with Crippen molar-refractivity contribution in [3.8, 4) is 10.6 Å². The number of hydrogen-bond acceptors (Lipinski definition) is 6. The average Bonchev–Trinajstić information content (AvgIpc) is 3.42. The third kappa shape index (κ3) is 4.91. The van der Waals surface area contributed by atoms with E-state index in [9.17, 15) is 4.79 Å². The summed E-state index contributed by atoms with van der Waals surface area (Å²) in [6.07, 6.45) is 1.91. The molecule has 5 nitrogen and oxygen atoms in total. The van der Waals surface area contributed by atoms with E-state index in [4.69, 9.17) is 5.73 Å². The topological polar surface area (TPSA) is 71.2 Å². The van der Waals surface area contributed by atoms with Crippen LogP contribution in [-0.2, 0) is 11.3 Å². The van der Waals surface area contributed by atoms with Crippen LogP contribution in [0.4, 0.5) is 5.69 Å². The number of anilines is 1.